The number of amides is 1. The van der Waals surface area contributed by atoms with E-state index in [1.165, 1.54) is 0 Å². The molecule has 0 aliphatic heterocycles. The molecule has 1 unspecified atom stereocenters. The summed E-state index contributed by atoms with van der Waals surface area (Å²) in [4.78, 5) is 15.7. The fraction of sp³-hybridized carbons (Fsp3) is 0.909. The first-order valence-electron chi connectivity index (χ1n) is 5.74. The average molecular weight is 215 g/mol. The molecule has 0 spiro atoms. The fourth-order valence-corrected chi connectivity index (χ4v) is 1.51. The minimum absolute atomic E-state index is 0.200. The zero-order chi connectivity index (χ0) is 11.8. The Morgan fingerprint density at radius 2 is 1.87 bits per heavy atom. The molecule has 1 amide bonds. The first-order valence-corrected chi connectivity index (χ1v) is 5.74. The molecule has 0 aliphatic rings. The maximum Gasteiger partial charge on any atom is 0.236 e. The highest BCUT2D eigenvalue weighted by atomic mass is 16.2. The second kappa shape index (κ2) is 7.65. The van der Waals surface area contributed by atoms with Gasteiger partial charge < -0.3 is 10.6 Å². The van der Waals surface area contributed by atoms with Gasteiger partial charge in [0.15, 0.2) is 0 Å². The summed E-state index contributed by atoms with van der Waals surface area (Å²) in [6.07, 6.45) is 0.933. The van der Waals surface area contributed by atoms with Crippen LogP contribution in [0, 0.1) is 0 Å². The van der Waals surface area contributed by atoms with E-state index in [0.717, 1.165) is 19.5 Å². The molecule has 0 saturated carbocycles. The molecule has 2 N–H and O–H groups in total. The molecule has 4 heteroatoms. The van der Waals surface area contributed by atoms with Crippen LogP contribution in [0.1, 0.15) is 27.2 Å². The lowest BCUT2D eigenvalue weighted by Gasteiger charge is -2.27. The molecule has 0 saturated heterocycles. The van der Waals surface area contributed by atoms with Crippen LogP contribution in [0.5, 0.6) is 0 Å². The standard InChI is InChI=1S/C11H25N3O/c1-5-14(6-2)11(15)9-13(4)10(3)7-8-12/h10H,5-9,12H2,1-4H3. The Labute approximate surface area is 93.4 Å². The molecule has 0 aromatic rings. The summed E-state index contributed by atoms with van der Waals surface area (Å²) in [5, 5.41) is 0. The molecule has 90 valence electrons. The molecule has 0 aromatic carbocycles. The van der Waals surface area contributed by atoms with Crippen LogP contribution in [0.2, 0.25) is 0 Å². The predicted molar refractivity (Wildman–Crippen MR) is 63.7 cm³/mol. The molecule has 0 aromatic heterocycles. The van der Waals surface area contributed by atoms with Gasteiger partial charge in [-0.05, 0) is 40.8 Å². The van der Waals surface area contributed by atoms with E-state index in [1.807, 2.05) is 25.8 Å². The van der Waals surface area contributed by atoms with Gasteiger partial charge in [-0.1, -0.05) is 0 Å². The highest BCUT2D eigenvalue weighted by molar-refractivity contribution is 5.78. The van der Waals surface area contributed by atoms with Crippen molar-refractivity contribution in [2.45, 2.75) is 33.2 Å². The van der Waals surface area contributed by atoms with Gasteiger partial charge in [0.1, 0.15) is 0 Å². The van der Waals surface area contributed by atoms with Crippen LogP contribution >= 0.6 is 0 Å². The maximum absolute atomic E-state index is 11.8. The van der Waals surface area contributed by atoms with Crippen molar-refractivity contribution in [2.75, 3.05) is 33.2 Å². The molecule has 0 bridgehead atoms. The van der Waals surface area contributed by atoms with Gasteiger partial charge in [-0.2, -0.15) is 0 Å². The molecule has 1 atom stereocenters. The normalized spacial score (nSPS) is 12.9. The number of carbonyl (C=O) groups excluding carboxylic acids is 1. The first kappa shape index (κ1) is 14.4. The van der Waals surface area contributed by atoms with Crippen molar-refractivity contribution in [3.8, 4) is 0 Å². The number of nitrogens with zero attached hydrogens (tertiary/aromatic N) is 2. The Balaban J connectivity index is 4.04. The lowest BCUT2D eigenvalue weighted by molar-refractivity contribution is -0.132. The topological polar surface area (TPSA) is 49.6 Å². The maximum atomic E-state index is 11.8. The average Bonchev–Trinajstić information content (AvgIpc) is 2.19. The van der Waals surface area contributed by atoms with E-state index >= 15 is 0 Å². The first-order chi connectivity index (χ1) is 7.06. The second-order valence-corrected chi connectivity index (χ2v) is 3.91. The summed E-state index contributed by atoms with van der Waals surface area (Å²) in [6.45, 7) is 8.84. The van der Waals surface area contributed by atoms with E-state index in [9.17, 15) is 4.79 Å². The van der Waals surface area contributed by atoms with Crippen molar-refractivity contribution in [3.63, 3.8) is 0 Å². The van der Waals surface area contributed by atoms with Crippen molar-refractivity contribution in [1.82, 2.24) is 9.80 Å². The van der Waals surface area contributed by atoms with Crippen molar-refractivity contribution in [1.29, 1.82) is 0 Å². The monoisotopic (exact) mass is 215 g/mol. The van der Waals surface area contributed by atoms with Gasteiger partial charge in [-0.25, -0.2) is 0 Å². The Hall–Kier alpha value is -0.610. The SMILES string of the molecule is CCN(CC)C(=O)CN(C)C(C)CCN. The molecule has 0 radical (unpaired) electrons. The van der Waals surface area contributed by atoms with Crippen LogP contribution in [-0.4, -0.2) is 55.0 Å². The van der Waals surface area contributed by atoms with Crippen molar-refractivity contribution < 1.29 is 4.79 Å². The van der Waals surface area contributed by atoms with Gasteiger partial charge in [-0.15, -0.1) is 0 Å². The quantitative estimate of drug-likeness (QED) is 0.674. The van der Waals surface area contributed by atoms with Crippen LogP contribution in [0.3, 0.4) is 0 Å². The number of rotatable bonds is 7. The fourth-order valence-electron chi connectivity index (χ4n) is 1.51. The summed E-state index contributed by atoms with van der Waals surface area (Å²) in [5.74, 6) is 0.200. The molecular weight excluding hydrogens is 190 g/mol. The third-order valence-corrected chi connectivity index (χ3v) is 2.84. The summed E-state index contributed by atoms with van der Waals surface area (Å²) in [7, 11) is 1.97. The summed E-state index contributed by atoms with van der Waals surface area (Å²) in [5.41, 5.74) is 5.49. The molecule has 4 nitrogen and oxygen atoms in total. The van der Waals surface area contributed by atoms with Crippen LogP contribution in [0.4, 0.5) is 0 Å². The smallest absolute Gasteiger partial charge is 0.236 e. The summed E-state index contributed by atoms with van der Waals surface area (Å²) in [6, 6.07) is 0.370. The second-order valence-electron chi connectivity index (χ2n) is 3.91. The Kier molecular flexibility index (Phi) is 7.34. The van der Waals surface area contributed by atoms with Gasteiger partial charge in [0.2, 0.25) is 5.91 Å². The van der Waals surface area contributed by atoms with E-state index in [0.29, 0.717) is 19.1 Å². The van der Waals surface area contributed by atoms with Crippen LogP contribution < -0.4 is 5.73 Å². The third kappa shape index (κ3) is 5.14. The van der Waals surface area contributed by atoms with E-state index in [-0.39, 0.29) is 5.91 Å². The molecule has 0 aliphatic carbocycles. The zero-order valence-corrected chi connectivity index (χ0v) is 10.5. The molecule has 0 fully saturated rings. The number of hydrogen-bond donors (Lipinski definition) is 1. The molecular formula is C11H25N3O. The van der Waals surface area contributed by atoms with Gasteiger partial charge >= 0.3 is 0 Å². The minimum atomic E-state index is 0.200. The van der Waals surface area contributed by atoms with Crippen LogP contribution in [0.15, 0.2) is 0 Å². The van der Waals surface area contributed by atoms with Crippen LogP contribution in [0.25, 0.3) is 0 Å². The van der Waals surface area contributed by atoms with Gasteiger partial charge in [-0.3, -0.25) is 9.69 Å². The van der Waals surface area contributed by atoms with Gasteiger partial charge in [0, 0.05) is 19.1 Å². The van der Waals surface area contributed by atoms with E-state index < -0.39 is 0 Å². The Morgan fingerprint density at radius 3 is 2.27 bits per heavy atom. The van der Waals surface area contributed by atoms with Crippen molar-refractivity contribution >= 4 is 5.91 Å². The number of carbonyl (C=O) groups is 1. The van der Waals surface area contributed by atoms with Gasteiger partial charge in [0.25, 0.3) is 0 Å². The lowest BCUT2D eigenvalue weighted by atomic mass is 10.2. The predicted octanol–water partition coefficient (Wildman–Crippen LogP) is 0.524. The summed E-state index contributed by atoms with van der Waals surface area (Å²) >= 11 is 0. The van der Waals surface area contributed by atoms with E-state index in [1.54, 1.807) is 0 Å². The highest BCUT2D eigenvalue weighted by Gasteiger charge is 2.15. The van der Waals surface area contributed by atoms with Gasteiger partial charge in [0.05, 0.1) is 6.54 Å². The summed E-state index contributed by atoms with van der Waals surface area (Å²) < 4.78 is 0. The number of hydrogen-bond acceptors (Lipinski definition) is 3. The van der Waals surface area contributed by atoms with E-state index in [2.05, 4.69) is 11.8 Å². The van der Waals surface area contributed by atoms with E-state index in [4.69, 9.17) is 5.73 Å². The molecule has 0 rings (SSSR count). The molecule has 0 heterocycles. The largest absolute Gasteiger partial charge is 0.342 e. The number of nitrogens with two attached hydrogens (primary N) is 1. The Morgan fingerprint density at radius 1 is 1.33 bits per heavy atom. The minimum Gasteiger partial charge on any atom is -0.342 e. The molecule has 15 heavy (non-hydrogen) atoms. The third-order valence-electron chi connectivity index (χ3n) is 2.84. The van der Waals surface area contributed by atoms with Crippen molar-refractivity contribution in [3.05, 3.63) is 0 Å². The van der Waals surface area contributed by atoms with Crippen molar-refractivity contribution in [2.24, 2.45) is 5.73 Å². The highest BCUT2D eigenvalue weighted by Crippen LogP contribution is 2.01. The Bertz CT molecular complexity index is 181. The number of likely N-dealkylation sites (N-methyl/N-ethyl adjacent to an activating group) is 2. The van der Waals surface area contributed by atoms with Crippen LogP contribution in [-0.2, 0) is 4.79 Å². The zero-order valence-electron chi connectivity index (χ0n) is 10.5. The lowest BCUT2D eigenvalue weighted by Crippen LogP contribution is -2.42.